The van der Waals surface area contributed by atoms with E-state index in [0.717, 1.165) is 25.7 Å². The van der Waals surface area contributed by atoms with Crippen LogP contribution >= 0.6 is 0 Å². The summed E-state index contributed by atoms with van der Waals surface area (Å²) >= 11 is 0. The molecule has 4 fully saturated rings. The van der Waals surface area contributed by atoms with E-state index >= 15 is 0 Å². The fourth-order valence-corrected chi connectivity index (χ4v) is 8.66. The highest BCUT2D eigenvalue weighted by molar-refractivity contribution is 5.83. The topological polar surface area (TPSA) is 127 Å². The van der Waals surface area contributed by atoms with Crippen LogP contribution in [0.3, 0.4) is 0 Å². The number of ketones is 1. The van der Waals surface area contributed by atoms with Gasteiger partial charge in [0.1, 0.15) is 5.78 Å². The Balaban J connectivity index is 1.49. The molecule has 7 heteroatoms. The molecule has 0 saturated heterocycles. The normalized spacial score (nSPS) is 45.5. The average molecular weight is 463 g/mol. The molecule has 4 saturated carbocycles. The van der Waals surface area contributed by atoms with Crippen molar-refractivity contribution in [1.29, 1.82) is 0 Å². The van der Waals surface area contributed by atoms with Crippen molar-refractivity contribution < 1.29 is 29.7 Å². The third kappa shape index (κ3) is 4.13. The van der Waals surface area contributed by atoms with E-state index in [1.807, 2.05) is 0 Å². The Kier molecular flexibility index (Phi) is 6.69. The van der Waals surface area contributed by atoms with E-state index in [0.29, 0.717) is 31.5 Å². The summed E-state index contributed by atoms with van der Waals surface area (Å²) in [5.74, 6) is -0.337. The molecular formula is C26H40NO6-. The number of Topliss-reactive ketones (excluding diaryl/α,β-unsaturated/α-hetero) is 1. The summed E-state index contributed by atoms with van der Waals surface area (Å²) in [5, 5.41) is 34.7. The molecule has 0 bridgehead atoms. The van der Waals surface area contributed by atoms with E-state index in [1.165, 1.54) is 0 Å². The van der Waals surface area contributed by atoms with Crippen LogP contribution in [0, 0.1) is 46.3 Å². The Morgan fingerprint density at radius 1 is 1.15 bits per heavy atom. The molecule has 4 rings (SSSR count). The standard InChI is InChI=1S/C26H41NO6/c1-14(4-7-22(31)27-13-23(32)33)17-5-6-18-24-19(12-21(30)26(17,18)3)25(2)9-8-16(28)10-15(25)11-20(24)29/h14-19,21,24,28,30H,4-13H2,1-3H3,(H,27,31)(H,32,33)/p-1/t14-,15+,16-,17-,18+,19+,21+,24+,25+,26-/m1/s1. The first kappa shape index (κ1) is 24.6. The van der Waals surface area contributed by atoms with Crippen LogP contribution in [0.5, 0.6) is 0 Å². The molecule has 4 aliphatic rings. The minimum Gasteiger partial charge on any atom is -0.548 e. The van der Waals surface area contributed by atoms with E-state index < -0.39 is 18.6 Å². The second-order valence-corrected chi connectivity index (χ2v) is 12.0. The lowest BCUT2D eigenvalue weighted by Crippen LogP contribution is -2.61. The summed E-state index contributed by atoms with van der Waals surface area (Å²) < 4.78 is 0. The highest BCUT2D eigenvalue weighted by Gasteiger charge is 2.65. The number of hydrogen-bond donors (Lipinski definition) is 3. The van der Waals surface area contributed by atoms with Crippen LogP contribution in [-0.4, -0.2) is 46.6 Å². The number of rotatable bonds is 6. The van der Waals surface area contributed by atoms with Crippen molar-refractivity contribution in [3.8, 4) is 0 Å². The second-order valence-electron chi connectivity index (χ2n) is 12.0. The lowest BCUT2D eigenvalue weighted by Gasteiger charge is -2.61. The fraction of sp³-hybridized carbons (Fsp3) is 0.885. The number of aliphatic carboxylic acids is 1. The number of carbonyl (C=O) groups is 3. The fourth-order valence-electron chi connectivity index (χ4n) is 8.66. The summed E-state index contributed by atoms with van der Waals surface area (Å²) in [6.45, 7) is 6.10. The number of aliphatic hydroxyl groups excluding tert-OH is 2. The first-order chi connectivity index (χ1) is 15.5. The van der Waals surface area contributed by atoms with Gasteiger partial charge >= 0.3 is 0 Å². The van der Waals surface area contributed by atoms with Gasteiger partial charge in [0.25, 0.3) is 0 Å². The first-order valence-corrected chi connectivity index (χ1v) is 12.8. The zero-order chi connectivity index (χ0) is 24.1. The number of carboxylic acids is 1. The summed E-state index contributed by atoms with van der Waals surface area (Å²) in [5.41, 5.74) is -0.351. The van der Waals surface area contributed by atoms with Crippen LogP contribution in [-0.2, 0) is 14.4 Å². The predicted octanol–water partition coefficient (Wildman–Crippen LogP) is 1.44. The Morgan fingerprint density at radius 2 is 1.88 bits per heavy atom. The molecule has 33 heavy (non-hydrogen) atoms. The quantitative estimate of drug-likeness (QED) is 0.548. The van der Waals surface area contributed by atoms with E-state index in [1.54, 1.807) is 0 Å². The Bertz CT molecular complexity index is 800. The number of fused-ring (bicyclic) bond motifs is 5. The van der Waals surface area contributed by atoms with Gasteiger partial charge in [-0.15, -0.1) is 0 Å². The number of carbonyl (C=O) groups excluding carboxylic acids is 3. The molecule has 0 radical (unpaired) electrons. The maximum absolute atomic E-state index is 13.5. The van der Waals surface area contributed by atoms with Gasteiger partial charge < -0.3 is 25.4 Å². The first-order valence-electron chi connectivity index (χ1n) is 12.8. The molecule has 4 aliphatic carbocycles. The molecule has 0 heterocycles. The van der Waals surface area contributed by atoms with Crippen molar-refractivity contribution in [2.24, 2.45) is 46.3 Å². The van der Waals surface area contributed by atoms with Crippen molar-refractivity contribution in [2.75, 3.05) is 6.54 Å². The van der Waals surface area contributed by atoms with Gasteiger partial charge in [-0.3, -0.25) is 9.59 Å². The van der Waals surface area contributed by atoms with Gasteiger partial charge in [0.05, 0.1) is 24.7 Å². The number of nitrogens with one attached hydrogen (secondary N) is 1. The van der Waals surface area contributed by atoms with Gasteiger partial charge in [-0.05, 0) is 80.0 Å². The van der Waals surface area contributed by atoms with Gasteiger partial charge in [0.15, 0.2) is 0 Å². The summed E-state index contributed by atoms with van der Waals surface area (Å²) in [4.78, 5) is 36.0. The SMILES string of the molecule is C[C@H](CCC(=O)NCC(=O)[O-])[C@H]1CC[C@H]2[C@@H]3C(=O)C[C@@H]4C[C@H](O)CC[C@]4(C)[C@H]3C[C@H](O)[C@]12C. The molecule has 0 aromatic carbocycles. The van der Waals surface area contributed by atoms with E-state index in [9.17, 15) is 29.7 Å². The van der Waals surface area contributed by atoms with Crippen LogP contribution in [0.4, 0.5) is 0 Å². The molecule has 7 nitrogen and oxygen atoms in total. The van der Waals surface area contributed by atoms with Crippen molar-refractivity contribution in [2.45, 2.75) is 90.8 Å². The molecule has 10 atom stereocenters. The van der Waals surface area contributed by atoms with Crippen LogP contribution in [0.15, 0.2) is 0 Å². The monoisotopic (exact) mass is 462 g/mol. The van der Waals surface area contributed by atoms with E-state index in [2.05, 4.69) is 26.1 Å². The minimum atomic E-state index is -1.30. The Labute approximate surface area is 196 Å². The van der Waals surface area contributed by atoms with E-state index in [-0.39, 0.29) is 64.8 Å². The summed E-state index contributed by atoms with van der Waals surface area (Å²) in [7, 11) is 0. The lowest BCUT2D eigenvalue weighted by atomic mass is 9.43. The summed E-state index contributed by atoms with van der Waals surface area (Å²) in [6, 6.07) is 0. The molecule has 1 amide bonds. The third-order valence-corrected chi connectivity index (χ3v) is 10.6. The zero-order valence-electron chi connectivity index (χ0n) is 20.2. The molecule has 186 valence electrons. The van der Waals surface area contributed by atoms with Crippen LogP contribution in [0.1, 0.15) is 78.6 Å². The van der Waals surface area contributed by atoms with Crippen LogP contribution < -0.4 is 10.4 Å². The maximum atomic E-state index is 13.5. The van der Waals surface area contributed by atoms with E-state index in [4.69, 9.17) is 0 Å². The molecule has 0 unspecified atom stereocenters. The van der Waals surface area contributed by atoms with Crippen molar-refractivity contribution in [1.82, 2.24) is 5.32 Å². The van der Waals surface area contributed by atoms with Crippen molar-refractivity contribution in [3.05, 3.63) is 0 Å². The average Bonchev–Trinajstić information content (AvgIpc) is 3.11. The molecule has 3 N–H and O–H groups in total. The number of aliphatic hydroxyl groups is 2. The van der Waals surface area contributed by atoms with Crippen molar-refractivity contribution in [3.63, 3.8) is 0 Å². The highest BCUT2D eigenvalue weighted by Crippen LogP contribution is 2.67. The second kappa shape index (κ2) is 8.95. The predicted molar refractivity (Wildman–Crippen MR) is 119 cm³/mol. The number of carboxylic acid groups (broad SMARTS) is 1. The van der Waals surface area contributed by atoms with Crippen molar-refractivity contribution >= 4 is 17.7 Å². The Hall–Kier alpha value is -1.47. The maximum Gasteiger partial charge on any atom is 0.220 e. The van der Waals surface area contributed by atoms with Gasteiger partial charge in [0, 0.05) is 24.2 Å². The molecule has 0 spiro atoms. The molecule has 0 aromatic heterocycles. The van der Waals surface area contributed by atoms with Gasteiger partial charge in [0.2, 0.25) is 5.91 Å². The van der Waals surface area contributed by atoms with Crippen LogP contribution in [0.2, 0.25) is 0 Å². The zero-order valence-corrected chi connectivity index (χ0v) is 20.2. The largest absolute Gasteiger partial charge is 0.548 e. The smallest absolute Gasteiger partial charge is 0.220 e. The van der Waals surface area contributed by atoms with Gasteiger partial charge in [-0.1, -0.05) is 20.8 Å². The Morgan fingerprint density at radius 3 is 2.58 bits per heavy atom. The van der Waals surface area contributed by atoms with Crippen LogP contribution in [0.25, 0.3) is 0 Å². The lowest BCUT2D eigenvalue weighted by molar-refractivity contribution is -0.304. The minimum absolute atomic E-state index is 0.000899. The molecular weight excluding hydrogens is 422 g/mol. The highest BCUT2D eigenvalue weighted by atomic mass is 16.4. The number of amides is 1. The van der Waals surface area contributed by atoms with Gasteiger partial charge in [-0.2, -0.15) is 0 Å². The third-order valence-electron chi connectivity index (χ3n) is 10.6. The number of hydrogen-bond acceptors (Lipinski definition) is 6. The molecule has 0 aromatic rings. The van der Waals surface area contributed by atoms with Gasteiger partial charge in [-0.25, -0.2) is 0 Å². The summed E-state index contributed by atoms with van der Waals surface area (Å²) in [6.07, 6.45) is 5.53. The molecule has 0 aliphatic heterocycles.